The minimum atomic E-state index is 0.0957. The van der Waals surface area contributed by atoms with Gasteiger partial charge in [0, 0.05) is 5.92 Å². The lowest BCUT2D eigenvalue weighted by Gasteiger charge is -2.38. The molecule has 6 nitrogen and oxygen atoms in total. The van der Waals surface area contributed by atoms with Gasteiger partial charge in [0.05, 0.1) is 31.2 Å². The summed E-state index contributed by atoms with van der Waals surface area (Å²) in [5, 5.41) is 7.20. The van der Waals surface area contributed by atoms with Crippen LogP contribution in [0.1, 0.15) is 19.3 Å². The van der Waals surface area contributed by atoms with Crippen molar-refractivity contribution < 1.29 is 14.3 Å². The molecule has 0 radical (unpaired) electrons. The van der Waals surface area contributed by atoms with E-state index in [1.165, 1.54) is 18.1 Å². The van der Waals surface area contributed by atoms with Crippen molar-refractivity contribution in [3.63, 3.8) is 0 Å². The van der Waals surface area contributed by atoms with Crippen molar-refractivity contribution in [2.45, 2.75) is 36.6 Å². The maximum atomic E-state index is 12.2. The van der Waals surface area contributed by atoms with Crippen LogP contribution in [-0.4, -0.2) is 52.1 Å². The summed E-state index contributed by atoms with van der Waals surface area (Å²) < 4.78 is 11.4. The van der Waals surface area contributed by atoms with Gasteiger partial charge in [0.1, 0.15) is 12.1 Å². The van der Waals surface area contributed by atoms with Gasteiger partial charge in [-0.2, -0.15) is 5.10 Å². The van der Waals surface area contributed by atoms with Gasteiger partial charge in [-0.1, -0.05) is 11.8 Å². The lowest BCUT2D eigenvalue weighted by molar-refractivity contribution is -0.164. The molecule has 1 aliphatic carbocycles. The average molecular weight is 283 g/mol. The molecule has 2 heterocycles. The Kier molecular flexibility index (Phi) is 4.15. The highest BCUT2D eigenvalue weighted by Crippen LogP contribution is 2.32. The van der Waals surface area contributed by atoms with Gasteiger partial charge in [-0.25, -0.2) is 4.98 Å². The fraction of sp³-hybridized carbons (Fsp3) is 0.750. The summed E-state index contributed by atoms with van der Waals surface area (Å²) >= 11 is 1.41. The lowest BCUT2D eigenvalue weighted by atomic mass is 9.83. The number of carbonyl (C=O) groups excluding carboxylic acids is 1. The molecule has 3 rings (SSSR count). The van der Waals surface area contributed by atoms with E-state index in [1.807, 2.05) is 0 Å². The van der Waals surface area contributed by atoms with Crippen molar-refractivity contribution >= 4 is 17.5 Å². The Balaban J connectivity index is 1.50. The summed E-state index contributed by atoms with van der Waals surface area (Å²) in [6.45, 7) is 1.33. The van der Waals surface area contributed by atoms with Crippen LogP contribution in [0, 0.1) is 5.92 Å². The highest BCUT2D eigenvalue weighted by atomic mass is 32.2. The van der Waals surface area contributed by atoms with Crippen LogP contribution in [-0.2, 0) is 14.3 Å². The zero-order valence-electron chi connectivity index (χ0n) is 10.6. The smallest absolute Gasteiger partial charge is 0.183 e. The van der Waals surface area contributed by atoms with Crippen LogP contribution in [0.4, 0.5) is 0 Å². The van der Waals surface area contributed by atoms with Crippen molar-refractivity contribution in [1.29, 1.82) is 0 Å². The number of carbonyl (C=O) groups is 1. The van der Waals surface area contributed by atoms with Gasteiger partial charge < -0.3 is 9.47 Å². The van der Waals surface area contributed by atoms with Gasteiger partial charge in [0.15, 0.2) is 5.16 Å². The Morgan fingerprint density at radius 2 is 2.21 bits per heavy atom. The third kappa shape index (κ3) is 3.16. The summed E-state index contributed by atoms with van der Waals surface area (Å²) in [4.78, 5) is 16.2. The van der Waals surface area contributed by atoms with Crippen LogP contribution in [0.25, 0.3) is 0 Å². The topological polar surface area (TPSA) is 77.1 Å². The zero-order chi connectivity index (χ0) is 13.1. The Morgan fingerprint density at radius 1 is 1.37 bits per heavy atom. The summed E-state index contributed by atoms with van der Waals surface area (Å²) in [6.07, 6.45) is 4.37. The quantitative estimate of drug-likeness (QED) is 0.832. The SMILES string of the molecule is O=C(CSc1ncn[nH]1)C1CCC2OCCOC2C1. The van der Waals surface area contributed by atoms with Gasteiger partial charge in [-0.05, 0) is 19.3 Å². The van der Waals surface area contributed by atoms with Crippen LogP contribution < -0.4 is 0 Å². The van der Waals surface area contributed by atoms with Gasteiger partial charge in [-0.15, -0.1) is 0 Å². The third-order valence-electron chi connectivity index (χ3n) is 3.68. The number of aromatic nitrogens is 3. The molecule has 19 heavy (non-hydrogen) atoms. The molecule has 2 fully saturated rings. The number of nitrogens with one attached hydrogen (secondary N) is 1. The molecular weight excluding hydrogens is 266 g/mol. The normalized spacial score (nSPS) is 30.8. The second-order valence-electron chi connectivity index (χ2n) is 4.87. The summed E-state index contributed by atoms with van der Waals surface area (Å²) in [7, 11) is 0. The number of H-pyrrole nitrogens is 1. The van der Waals surface area contributed by atoms with Gasteiger partial charge in [0.25, 0.3) is 0 Å². The first kappa shape index (κ1) is 13.1. The Hall–Kier alpha value is -0.920. The number of aromatic amines is 1. The number of Topliss-reactive ketones (excluding diaryl/α,β-unsaturated/α-hetero) is 1. The zero-order valence-corrected chi connectivity index (χ0v) is 11.4. The molecule has 1 aromatic rings. The molecule has 1 N–H and O–H groups in total. The van der Waals surface area contributed by atoms with E-state index in [0.717, 1.165) is 19.3 Å². The minimum Gasteiger partial charge on any atom is -0.373 e. The van der Waals surface area contributed by atoms with Crippen LogP contribution in [0.3, 0.4) is 0 Å². The molecule has 0 aromatic carbocycles. The number of nitrogens with zero attached hydrogens (tertiary/aromatic N) is 2. The maximum absolute atomic E-state index is 12.2. The van der Waals surface area contributed by atoms with E-state index in [2.05, 4.69) is 15.2 Å². The van der Waals surface area contributed by atoms with Crippen molar-refractivity contribution in [3.8, 4) is 0 Å². The number of thioether (sulfide) groups is 1. The van der Waals surface area contributed by atoms with Crippen molar-refractivity contribution in [2.24, 2.45) is 5.92 Å². The molecule has 3 atom stereocenters. The van der Waals surface area contributed by atoms with Gasteiger partial charge in [0.2, 0.25) is 0 Å². The minimum absolute atomic E-state index is 0.0957. The fourth-order valence-electron chi connectivity index (χ4n) is 2.68. The van der Waals surface area contributed by atoms with E-state index in [1.54, 1.807) is 0 Å². The number of hydrogen-bond acceptors (Lipinski definition) is 6. The second-order valence-corrected chi connectivity index (χ2v) is 5.84. The van der Waals surface area contributed by atoms with Crippen molar-refractivity contribution in [2.75, 3.05) is 19.0 Å². The first-order valence-corrected chi connectivity index (χ1v) is 7.55. The lowest BCUT2D eigenvalue weighted by Crippen LogP contribution is -2.44. The molecule has 0 bridgehead atoms. The van der Waals surface area contributed by atoms with Gasteiger partial charge >= 0.3 is 0 Å². The predicted octanol–water partition coefficient (Wildman–Crippen LogP) is 1.05. The Morgan fingerprint density at radius 3 is 3.00 bits per heavy atom. The van der Waals surface area contributed by atoms with Crippen LogP contribution in [0.5, 0.6) is 0 Å². The number of ketones is 1. The molecule has 1 saturated carbocycles. The molecule has 1 aromatic heterocycles. The number of hydrogen-bond donors (Lipinski definition) is 1. The van der Waals surface area contributed by atoms with E-state index >= 15 is 0 Å². The molecule has 1 aliphatic heterocycles. The van der Waals surface area contributed by atoms with E-state index in [4.69, 9.17) is 9.47 Å². The van der Waals surface area contributed by atoms with E-state index in [9.17, 15) is 4.79 Å². The first-order valence-electron chi connectivity index (χ1n) is 6.57. The van der Waals surface area contributed by atoms with Crippen LogP contribution in [0.2, 0.25) is 0 Å². The molecule has 7 heteroatoms. The largest absolute Gasteiger partial charge is 0.373 e. The third-order valence-corrected chi connectivity index (χ3v) is 4.58. The number of fused-ring (bicyclic) bond motifs is 1. The maximum Gasteiger partial charge on any atom is 0.183 e. The molecule has 2 aliphatic rings. The van der Waals surface area contributed by atoms with E-state index < -0.39 is 0 Å². The number of rotatable bonds is 4. The molecular formula is C12H17N3O3S. The summed E-state index contributed by atoms with van der Waals surface area (Å²) in [5.41, 5.74) is 0. The Bertz CT molecular complexity index is 426. The molecule has 3 unspecified atom stereocenters. The highest BCUT2D eigenvalue weighted by Gasteiger charge is 2.36. The van der Waals surface area contributed by atoms with E-state index in [0.29, 0.717) is 24.1 Å². The predicted molar refractivity (Wildman–Crippen MR) is 68.9 cm³/mol. The fourth-order valence-corrected chi connectivity index (χ4v) is 3.43. The van der Waals surface area contributed by atoms with Crippen molar-refractivity contribution in [1.82, 2.24) is 15.2 Å². The average Bonchev–Trinajstić information content (AvgIpc) is 2.97. The summed E-state index contributed by atoms with van der Waals surface area (Å²) in [5.74, 6) is 0.811. The summed E-state index contributed by atoms with van der Waals surface area (Å²) in [6, 6.07) is 0. The highest BCUT2D eigenvalue weighted by molar-refractivity contribution is 7.99. The molecule has 1 saturated heterocycles. The monoisotopic (exact) mass is 283 g/mol. The Labute approximate surface area is 115 Å². The van der Waals surface area contributed by atoms with Crippen LogP contribution >= 0.6 is 11.8 Å². The molecule has 0 amide bonds. The second kappa shape index (κ2) is 6.02. The van der Waals surface area contributed by atoms with Crippen LogP contribution in [0.15, 0.2) is 11.5 Å². The van der Waals surface area contributed by atoms with Gasteiger partial charge in [-0.3, -0.25) is 9.89 Å². The van der Waals surface area contributed by atoms with Crippen molar-refractivity contribution in [3.05, 3.63) is 6.33 Å². The standard InChI is InChI=1S/C12H17N3O3S/c16-9(6-19-12-13-7-14-15-12)8-1-2-10-11(5-8)18-4-3-17-10/h7-8,10-11H,1-6H2,(H,13,14,15). The molecule has 104 valence electrons. The molecule has 0 spiro atoms. The van der Waals surface area contributed by atoms with E-state index in [-0.39, 0.29) is 23.9 Å². The first-order chi connectivity index (χ1) is 9.33. The number of ether oxygens (including phenoxy) is 2.